The van der Waals surface area contributed by atoms with Gasteiger partial charge in [-0.1, -0.05) is 0 Å². The molecule has 4 nitrogen and oxygen atoms in total. The Morgan fingerprint density at radius 2 is 2.47 bits per heavy atom. The van der Waals surface area contributed by atoms with Crippen LogP contribution in [-0.2, 0) is 4.79 Å². The number of thioether (sulfide) groups is 1. The lowest BCUT2D eigenvalue weighted by Crippen LogP contribution is -2.50. The summed E-state index contributed by atoms with van der Waals surface area (Å²) in [7, 11) is 0. The number of nitrogens with zero attached hydrogens (tertiary/aromatic N) is 1. The molecule has 2 N–H and O–H groups in total. The van der Waals surface area contributed by atoms with E-state index in [2.05, 4.69) is 16.7 Å². The minimum Gasteiger partial charge on any atom is -0.353 e. The van der Waals surface area contributed by atoms with Crippen LogP contribution in [0.15, 0.2) is 0 Å². The summed E-state index contributed by atoms with van der Waals surface area (Å²) in [5.74, 6) is 1.89. The van der Waals surface area contributed by atoms with Crippen LogP contribution in [0.5, 0.6) is 0 Å². The molecular formula is C10H17N3OS. The van der Waals surface area contributed by atoms with Crippen molar-refractivity contribution >= 4 is 17.7 Å². The molecule has 0 aromatic rings. The van der Waals surface area contributed by atoms with Crippen LogP contribution >= 0.6 is 11.8 Å². The number of nitriles is 1. The minimum absolute atomic E-state index is 0.00512. The molecule has 0 spiro atoms. The maximum Gasteiger partial charge on any atom is 0.238 e. The predicted molar refractivity (Wildman–Crippen MR) is 61.5 cm³/mol. The van der Waals surface area contributed by atoms with Crippen molar-refractivity contribution in [2.45, 2.75) is 19.9 Å². The molecule has 0 radical (unpaired) electrons. The molecule has 15 heavy (non-hydrogen) atoms. The largest absolute Gasteiger partial charge is 0.353 e. The van der Waals surface area contributed by atoms with E-state index in [0.29, 0.717) is 6.54 Å². The lowest BCUT2D eigenvalue weighted by Gasteiger charge is -2.24. The van der Waals surface area contributed by atoms with Crippen molar-refractivity contribution in [3.05, 3.63) is 0 Å². The molecule has 0 aromatic heterocycles. The van der Waals surface area contributed by atoms with Gasteiger partial charge in [-0.3, -0.25) is 4.79 Å². The second kappa shape index (κ2) is 5.38. The Bertz CT molecular complexity index is 266. The Morgan fingerprint density at radius 1 is 1.73 bits per heavy atom. The van der Waals surface area contributed by atoms with E-state index in [4.69, 9.17) is 5.26 Å². The third kappa shape index (κ3) is 4.10. The van der Waals surface area contributed by atoms with E-state index in [-0.39, 0.29) is 11.9 Å². The Hall–Kier alpha value is -0.730. The highest BCUT2D eigenvalue weighted by atomic mass is 32.2. The van der Waals surface area contributed by atoms with Crippen molar-refractivity contribution < 1.29 is 4.79 Å². The summed E-state index contributed by atoms with van der Waals surface area (Å²) in [6, 6.07) is 2.06. The molecule has 1 rings (SSSR count). The maximum atomic E-state index is 11.7. The highest BCUT2D eigenvalue weighted by Gasteiger charge is 2.23. The van der Waals surface area contributed by atoms with Crippen LogP contribution in [0.3, 0.4) is 0 Å². The van der Waals surface area contributed by atoms with Gasteiger partial charge in [0, 0.05) is 24.6 Å². The number of nitrogens with one attached hydrogen (secondary N) is 2. The van der Waals surface area contributed by atoms with Crippen LogP contribution in [0.25, 0.3) is 0 Å². The Morgan fingerprint density at radius 3 is 3.00 bits per heavy atom. The molecule has 1 fully saturated rings. The van der Waals surface area contributed by atoms with E-state index in [0.717, 1.165) is 18.1 Å². The van der Waals surface area contributed by atoms with Crippen molar-refractivity contribution in [2.24, 2.45) is 5.41 Å². The number of amides is 1. The van der Waals surface area contributed by atoms with Gasteiger partial charge in [-0.25, -0.2) is 0 Å². The Kier molecular flexibility index (Phi) is 4.43. The van der Waals surface area contributed by atoms with E-state index in [9.17, 15) is 4.79 Å². The highest BCUT2D eigenvalue weighted by Crippen LogP contribution is 2.11. The standard InChI is InChI=1S/C10H17N3OS/c1-10(2,6-11)7-13-9(14)8-5-15-4-3-12-8/h8,12H,3-5,7H2,1-2H3,(H,13,14). The van der Waals surface area contributed by atoms with Gasteiger partial charge >= 0.3 is 0 Å². The average Bonchev–Trinajstić information content (AvgIpc) is 2.27. The molecule has 0 aromatic carbocycles. The molecule has 1 amide bonds. The summed E-state index contributed by atoms with van der Waals surface area (Å²) in [5, 5.41) is 14.8. The Balaban J connectivity index is 2.32. The molecule has 1 unspecified atom stereocenters. The van der Waals surface area contributed by atoms with E-state index < -0.39 is 5.41 Å². The molecular weight excluding hydrogens is 210 g/mol. The van der Waals surface area contributed by atoms with Crippen molar-refractivity contribution in [2.75, 3.05) is 24.6 Å². The van der Waals surface area contributed by atoms with Gasteiger partial charge in [-0.15, -0.1) is 0 Å². The second-order valence-electron chi connectivity index (χ2n) is 4.30. The highest BCUT2D eigenvalue weighted by molar-refractivity contribution is 7.99. The summed E-state index contributed by atoms with van der Waals surface area (Å²) in [6.07, 6.45) is 0. The van der Waals surface area contributed by atoms with Crippen molar-refractivity contribution in [3.8, 4) is 6.07 Å². The first kappa shape index (κ1) is 12.3. The first-order chi connectivity index (χ1) is 7.05. The van der Waals surface area contributed by atoms with Crippen LogP contribution in [-0.4, -0.2) is 36.5 Å². The molecule has 84 valence electrons. The molecule has 0 bridgehead atoms. The third-order valence-corrected chi connectivity index (χ3v) is 3.31. The minimum atomic E-state index is -0.489. The van der Waals surface area contributed by atoms with Gasteiger partial charge in [0.25, 0.3) is 0 Å². The smallest absolute Gasteiger partial charge is 0.238 e. The summed E-state index contributed by atoms with van der Waals surface area (Å²) in [5.41, 5.74) is -0.489. The molecule has 1 atom stereocenters. The van der Waals surface area contributed by atoms with Crippen molar-refractivity contribution in [3.63, 3.8) is 0 Å². The fourth-order valence-corrected chi connectivity index (χ4v) is 2.14. The van der Waals surface area contributed by atoms with Gasteiger partial charge in [0.1, 0.15) is 0 Å². The van der Waals surface area contributed by atoms with Gasteiger partial charge in [-0.05, 0) is 13.8 Å². The van der Waals surface area contributed by atoms with Crippen LogP contribution < -0.4 is 10.6 Å². The van der Waals surface area contributed by atoms with Crippen LogP contribution in [0.2, 0.25) is 0 Å². The molecule has 1 aliphatic heterocycles. The molecule has 0 aliphatic carbocycles. The van der Waals surface area contributed by atoms with E-state index in [1.54, 1.807) is 11.8 Å². The lowest BCUT2D eigenvalue weighted by molar-refractivity contribution is -0.122. The van der Waals surface area contributed by atoms with Gasteiger partial charge in [-0.2, -0.15) is 17.0 Å². The maximum absolute atomic E-state index is 11.7. The molecule has 1 heterocycles. The second-order valence-corrected chi connectivity index (χ2v) is 5.44. The van der Waals surface area contributed by atoms with E-state index >= 15 is 0 Å². The van der Waals surface area contributed by atoms with Gasteiger partial charge in [0.05, 0.1) is 17.5 Å². The summed E-state index contributed by atoms with van der Waals surface area (Å²) in [4.78, 5) is 11.7. The van der Waals surface area contributed by atoms with Crippen molar-refractivity contribution in [1.29, 1.82) is 5.26 Å². The SMILES string of the molecule is CC(C)(C#N)CNC(=O)C1CSCCN1. The van der Waals surface area contributed by atoms with Crippen molar-refractivity contribution in [1.82, 2.24) is 10.6 Å². The fraction of sp³-hybridized carbons (Fsp3) is 0.800. The van der Waals surface area contributed by atoms with Gasteiger partial charge < -0.3 is 10.6 Å². The molecule has 0 saturated carbocycles. The molecule has 1 aliphatic rings. The zero-order valence-corrected chi connectivity index (χ0v) is 9.99. The van der Waals surface area contributed by atoms with Crippen LogP contribution in [0.4, 0.5) is 0 Å². The van der Waals surface area contributed by atoms with E-state index in [1.807, 2.05) is 13.8 Å². The first-order valence-corrected chi connectivity index (χ1v) is 6.21. The summed E-state index contributed by atoms with van der Waals surface area (Å²) in [6.45, 7) is 4.92. The number of carbonyl (C=O) groups excluding carboxylic acids is 1. The summed E-state index contributed by atoms with van der Waals surface area (Å²) >= 11 is 1.78. The molecule has 5 heteroatoms. The predicted octanol–water partition coefficient (Wildman–Crippen LogP) is 0.357. The topological polar surface area (TPSA) is 64.9 Å². The summed E-state index contributed by atoms with van der Waals surface area (Å²) < 4.78 is 0. The zero-order chi connectivity index (χ0) is 11.3. The number of hydrogen-bond acceptors (Lipinski definition) is 4. The normalized spacial score (nSPS) is 21.8. The van der Waals surface area contributed by atoms with Crippen LogP contribution in [0, 0.1) is 16.7 Å². The number of rotatable bonds is 3. The van der Waals surface area contributed by atoms with Crippen LogP contribution in [0.1, 0.15) is 13.8 Å². The Labute approximate surface area is 94.8 Å². The monoisotopic (exact) mass is 227 g/mol. The van der Waals surface area contributed by atoms with Gasteiger partial charge in [0.15, 0.2) is 0 Å². The van der Waals surface area contributed by atoms with E-state index in [1.165, 1.54) is 0 Å². The third-order valence-electron chi connectivity index (χ3n) is 2.25. The quantitative estimate of drug-likeness (QED) is 0.730. The first-order valence-electron chi connectivity index (χ1n) is 5.05. The molecule has 1 saturated heterocycles. The fourth-order valence-electron chi connectivity index (χ4n) is 1.20. The number of carbonyl (C=O) groups is 1. The lowest BCUT2D eigenvalue weighted by atomic mass is 9.96. The zero-order valence-electron chi connectivity index (χ0n) is 9.17. The van der Waals surface area contributed by atoms with Gasteiger partial charge in [0.2, 0.25) is 5.91 Å². The number of hydrogen-bond donors (Lipinski definition) is 2. The average molecular weight is 227 g/mol.